The molecule has 43 heavy (non-hydrogen) atoms. The van der Waals surface area contributed by atoms with Gasteiger partial charge in [-0.15, -0.1) is 0 Å². The van der Waals surface area contributed by atoms with E-state index in [1.807, 2.05) is 6.92 Å². The SMILES string of the molecule is CCCO/N=C(/CCCC(=O)OC)c1ccc(F)cc1.COC(=O)CCCC(=O)c1ccc(F)cc1.FCF.NCCO. The second-order valence-corrected chi connectivity index (χ2v) is 8.28. The molecule has 0 heterocycles. The Bertz CT molecular complexity index is 1040. The fraction of sp³-hybridized carbons (Fsp3) is 0.467. The number of carbonyl (C=O) groups is 3. The minimum absolute atomic E-state index is 0.0936. The Morgan fingerprint density at radius 1 is 0.791 bits per heavy atom. The highest BCUT2D eigenvalue weighted by atomic mass is 19.3. The monoisotopic (exact) mass is 618 g/mol. The molecule has 0 aromatic heterocycles. The molecule has 13 heteroatoms. The number of rotatable bonds is 14. The molecule has 0 aliphatic rings. The van der Waals surface area contributed by atoms with Crippen LogP contribution in [0.3, 0.4) is 0 Å². The van der Waals surface area contributed by atoms with Gasteiger partial charge in [0.05, 0.1) is 26.5 Å². The molecule has 0 atom stereocenters. The van der Waals surface area contributed by atoms with Crippen LogP contribution in [0.4, 0.5) is 17.6 Å². The number of hydrogen-bond acceptors (Lipinski definition) is 9. The molecule has 2 aromatic carbocycles. The van der Waals surface area contributed by atoms with Crippen LogP contribution in [-0.2, 0) is 23.9 Å². The summed E-state index contributed by atoms with van der Waals surface area (Å²) in [6.45, 7) is 1.24. The largest absolute Gasteiger partial charge is 0.469 e. The molecule has 3 N–H and O–H groups in total. The summed E-state index contributed by atoms with van der Waals surface area (Å²) in [6.07, 6.45) is 3.31. The fourth-order valence-corrected chi connectivity index (χ4v) is 2.88. The van der Waals surface area contributed by atoms with Crippen molar-refractivity contribution >= 4 is 23.4 Å². The van der Waals surface area contributed by atoms with Gasteiger partial charge in [0, 0.05) is 31.4 Å². The van der Waals surface area contributed by atoms with Crippen LogP contribution < -0.4 is 5.73 Å². The first-order valence-electron chi connectivity index (χ1n) is 13.4. The molecule has 0 unspecified atom stereocenters. The van der Waals surface area contributed by atoms with Crippen LogP contribution in [0.25, 0.3) is 0 Å². The predicted octanol–water partition coefficient (Wildman–Crippen LogP) is 5.47. The van der Waals surface area contributed by atoms with Crippen LogP contribution >= 0.6 is 0 Å². The van der Waals surface area contributed by atoms with Crippen molar-refractivity contribution in [2.24, 2.45) is 10.9 Å². The molecule has 0 amide bonds. The van der Waals surface area contributed by atoms with Gasteiger partial charge in [-0.3, -0.25) is 14.4 Å². The van der Waals surface area contributed by atoms with E-state index in [4.69, 9.17) is 15.7 Å². The highest BCUT2D eigenvalue weighted by molar-refractivity contribution is 6.00. The van der Waals surface area contributed by atoms with E-state index in [-0.39, 0.29) is 48.8 Å². The molecule has 0 bridgehead atoms. The first-order chi connectivity index (χ1) is 20.6. The average Bonchev–Trinajstić information content (AvgIpc) is 3.01. The van der Waals surface area contributed by atoms with Crippen LogP contribution in [-0.4, -0.2) is 69.4 Å². The Kier molecular flexibility index (Phi) is 27.2. The molecule has 0 fully saturated rings. The number of aliphatic hydroxyl groups excluding tert-OH is 1. The lowest BCUT2D eigenvalue weighted by Gasteiger charge is -2.07. The van der Waals surface area contributed by atoms with Crippen molar-refractivity contribution in [2.75, 3.05) is 40.9 Å². The van der Waals surface area contributed by atoms with Gasteiger partial charge in [0.1, 0.15) is 18.2 Å². The van der Waals surface area contributed by atoms with E-state index >= 15 is 0 Å². The minimum Gasteiger partial charge on any atom is -0.469 e. The summed E-state index contributed by atoms with van der Waals surface area (Å²) in [5, 5.41) is 11.8. The zero-order chi connectivity index (χ0) is 32.9. The van der Waals surface area contributed by atoms with Crippen molar-refractivity contribution in [3.63, 3.8) is 0 Å². The Labute approximate surface area is 250 Å². The highest BCUT2D eigenvalue weighted by Crippen LogP contribution is 2.11. The van der Waals surface area contributed by atoms with Crippen molar-refractivity contribution in [3.05, 3.63) is 71.3 Å². The summed E-state index contributed by atoms with van der Waals surface area (Å²) < 4.78 is 53.8. The molecular formula is C30H42F4N2O7. The Balaban J connectivity index is 0. The third-order valence-corrected chi connectivity index (χ3v) is 4.98. The zero-order valence-electron chi connectivity index (χ0n) is 24.8. The second kappa shape index (κ2) is 28.3. The molecule has 0 aliphatic carbocycles. The van der Waals surface area contributed by atoms with Crippen molar-refractivity contribution in [1.82, 2.24) is 0 Å². The smallest absolute Gasteiger partial charge is 0.305 e. The Morgan fingerprint density at radius 3 is 1.60 bits per heavy atom. The number of esters is 2. The number of hydrogen-bond donors (Lipinski definition) is 2. The molecule has 2 aromatic rings. The normalized spacial score (nSPS) is 10.0. The number of carbonyl (C=O) groups excluding carboxylic acids is 3. The van der Waals surface area contributed by atoms with E-state index in [0.29, 0.717) is 50.1 Å². The molecule has 0 radical (unpaired) electrons. The number of aliphatic hydroxyl groups is 1. The number of ketones is 1. The number of methoxy groups -OCH3 is 2. The molecule has 9 nitrogen and oxygen atoms in total. The molecule has 0 aliphatic heterocycles. The Hall–Kier alpha value is -3.84. The van der Waals surface area contributed by atoms with E-state index < -0.39 is 6.93 Å². The van der Waals surface area contributed by atoms with Crippen LogP contribution in [0.5, 0.6) is 0 Å². The lowest BCUT2D eigenvalue weighted by molar-refractivity contribution is -0.141. The van der Waals surface area contributed by atoms with Gasteiger partial charge in [0.15, 0.2) is 5.78 Å². The molecule has 0 spiro atoms. The summed E-state index contributed by atoms with van der Waals surface area (Å²) in [6, 6.07) is 11.4. The van der Waals surface area contributed by atoms with Crippen LogP contribution in [0.2, 0.25) is 0 Å². The van der Waals surface area contributed by atoms with Crippen molar-refractivity contribution in [3.8, 4) is 0 Å². The average molecular weight is 619 g/mol. The van der Waals surface area contributed by atoms with E-state index in [2.05, 4.69) is 14.6 Å². The second-order valence-electron chi connectivity index (χ2n) is 8.28. The number of alkyl halides is 2. The third-order valence-electron chi connectivity index (χ3n) is 4.98. The summed E-state index contributed by atoms with van der Waals surface area (Å²) in [5.74, 6) is -1.34. The van der Waals surface area contributed by atoms with Crippen molar-refractivity contribution in [1.29, 1.82) is 0 Å². The first-order valence-corrected chi connectivity index (χ1v) is 13.4. The standard InChI is InChI=1S/C15H20FNO3.C12H13FO3.C2H7NO.CH2F2/c1-3-11-20-17-14(5-4-6-15(18)19-2)12-7-9-13(16)10-8-12;1-16-12(15)4-2-3-11(14)9-5-7-10(13)8-6-9;3-1-2-4;2-1-3/h7-10H,3-6,11H2,1-2H3;5-8H,2-4H2,1H3;4H,1-3H2;1H2/b17-14-;;;. The quantitative estimate of drug-likeness (QED) is 0.0710. The molecular weight excluding hydrogens is 576 g/mol. The maximum atomic E-state index is 12.9. The van der Waals surface area contributed by atoms with Gasteiger partial charge in [0.2, 0.25) is 6.93 Å². The van der Waals surface area contributed by atoms with E-state index in [1.54, 1.807) is 12.1 Å². The molecule has 0 saturated carbocycles. The summed E-state index contributed by atoms with van der Waals surface area (Å²) in [7, 11) is 2.67. The maximum Gasteiger partial charge on any atom is 0.305 e. The van der Waals surface area contributed by atoms with Crippen molar-refractivity contribution < 1.29 is 51.4 Å². The Morgan fingerprint density at radius 2 is 1.21 bits per heavy atom. The number of benzene rings is 2. The van der Waals surface area contributed by atoms with Gasteiger partial charge >= 0.3 is 11.9 Å². The zero-order valence-corrected chi connectivity index (χ0v) is 24.8. The third kappa shape index (κ3) is 23.4. The maximum absolute atomic E-state index is 12.9. The molecule has 2 rings (SSSR count). The number of nitrogens with zero attached hydrogens (tertiary/aromatic N) is 1. The van der Waals surface area contributed by atoms with Gasteiger partial charge in [0.25, 0.3) is 0 Å². The summed E-state index contributed by atoms with van der Waals surface area (Å²) in [4.78, 5) is 38.6. The number of Topliss-reactive ketones (excluding diaryl/α,β-unsaturated/α-hetero) is 1. The van der Waals surface area contributed by atoms with Crippen LogP contribution in [0, 0.1) is 11.6 Å². The van der Waals surface area contributed by atoms with Crippen LogP contribution in [0.1, 0.15) is 67.8 Å². The van der Waals surface area contributed by atoms with Crippen molar-refractivity contribution in [2.45, 2.75) is 51.9 Å². The lowest BCUT2D eigenvalue weighted by Crippen LogP contribution is -2.06. The predicted molar refractivity (Wildman–Crippen MR) is 155 cm³/mol. The van der Waals surface area contributed by atoms with E-state index in [0.717, 1.165) is 12.0 Å². The first kappa shape index (κ1) is 41.3. The van der Waals surface area contributed by atoms with E-state index in [1.165, 1.54) is 50.6 Å². The van der Waals surface area contributed by atoms with Gasteiger partial charge in [-0.1, -0.05) is 24.2 Å². The van der Waals surface area contributed by atoms with Gasteiger partial charge in [-0.05, 0) is 67.6 Å². The van der Waals surface area contributed by atoms with E-state index in [9.17, 15) is 31.9 Å². The highest BCUT2D eigenvalue weighted by Gasteiger charge is 2.09. The summed E-state index contributed by atoms with van der Waals surface area (Å²) in [5.41, 5.74) is 6.75. The van der Waals surface area contributed by atoms with Gasteiger partial charge < -0.3 is 25.2 Å². The minimum atomic E-state index is -1.75. The lowest BCUT2D eigenvalue weighted by atomic mass is 10.0. The number of oxime groups is 1. The molecule has 242 valence electrons. The van der Waals surface area contributed by atoms with Crippen LogP contribution in [0.15, 0.2) is 53.7 Å². The summed E-state index contributed by atoms with van der Waals surface area (Å²) >= 11 is 0. The number of ether oxygens (including phenoxy) is 2. The van der Waals surface area contributed by atoms with Gasteiger partial charge in [-0.25, -0.2) is 17.6 Å². The number of nitrogens with two attached hydrogens (primary N) is 1. The fourth-order valence-electron chi connectivity index (χ4n) is 2.88. The molecule has 0 saturated heterocycles. The number of halogens is 4. The van der Waals surface area contributed by atoms with Gasteiger partial charge in [-0.2, -0.15) is 0 Å². The topological polar surface area (TPSA) is 138 Å².